The smallest absolute Gasteiger partial charge is 0.243 e. The number of carbonyl (C=O) groups is 1. The van der Waals surface area contributed by atoms with Gasteiger partial charge < -0.3 is 5.32 Å². The van der Waals surface area contributed by atoms with Crippen molar-refractivity contribution in [2.75, 3.05) is 6.54 Å². The van der Waals surface area contributed by atoms with Crippen LogP contribution in [0.4, 0.5) is 0 Å². The summed E-state index contributed by atoms with van der Waals surface area (Å²) in [7, 11) is -3.73. The molecule has 2 aromatic carbocycles. The highest BCUT2D eigenvalue weighted by Crippen LogP contribution is 2.27. The van der Waals surface area contributed by atoms with E-state index in [0.29, 0.717) is 31.0 Å². The van der Waals surface area contributed by atoms with Gasteiger partial charge in [-0.2, -0.15) is 4.31 Å². The Labute approximate surface area is 159 Å². The molecule has 1 aliphatic rings. The maximum atomic E-state index is 12.9. The molecule has 1 unspecified atom stereocenters. The standard InChI is InChI=1S/C19H21ClN2O3S/c1-14-5-2-3-6-15(14)13-21-19(23)18-7-4-12-22(18)26(24,25)17-10-8-16(20)9-11-17/h2-3,5-6,8-11,18H,4,7,12-13H2,1H3,(H,21,23). The van der Waals surface area contributed by atoms with Gasteiger partial charge in [0.1, 0.15) is 6.04 Å². The van der Waals surface area contributed by atoms with Crippen molar-refractivity contribution in [3.8, 4) is 0 Å². The van der Waals surface area contributed by atoms with Crippen LogP contribution in [0.25, 0.3) is 0 Å². The second-order valence-corrected chi connectivity index (χ2v) is 8.70. The van der Waals surface area contributed by atoms with E-state index in [4.69, 9.17) is 11.6 Å². The summed E-state index contributed by atoms with van der Waals surface area (Å²) in [4.78, 5) is 12.8. The molecule has 1 amide bonds. The topological polar surface area (TPSA) is 66.5 Å². The molecule has 138 valence electrons. The summed E-state index contributed by atoms with van der Waals surface area (Å²) in [6, 6.07) is 13.1. The summed E-state index contributed by atoms with van der Waals surface area (Å²) in [5, 5.41) is 3.35. The Morgan fingerprint density at radius 2 is 1.88 bits per heavy atom. The molecule has 1 saturated heterocycles. The first-order chi connectivity index (χ1) is 12.4. The first-order valence-corrected chi connectivity index (χ1v) is 10.3. The number of sulfonamides is 1. The fraction of sp³-hybridized carbons (Fsp3) is 0.316. The van der Waals surface area contributed by atoms with E-state index in [9.17, 15) is 13.2 Å². The van der Waals surface area contributed by atoms with Crippen molar-refractivity contribution in [3.63, 3.8) is 0 Å². The molecule has 3 rings (SSSR count). The fourth-order valence-corrected chi connectivity index (χ4v) is 4.92. The molecule has 2 aromatic rings. The van der Waals surface area contributed by atoms with Crippen LogP contribution >= 0.6 is 11.6 Å². The van der Waals surface area contributed by atoms with Gasteiger partial charge in [0.25, 0.3) is 0 Å². The molecule has 1 aliphatic heterocycles. The van der Waals surface area contributed by atoms with Crippen LogP contribution in [0.3, 0.4) is 0 Å². The maximum absolute atomic E-state index is 12.9. The number of carbonyl (C=O) groups excluding carboxylic acids is 1. The van der Waals surface area contributed by atoms with Crippen LogP contribution in [0.1, 0.15) is 24.0 Å². The number of amides is 1. The SMILES string of the molecule is Cc1ccccc1CNC(=O)C1CCCN1S(=O)(=O)c1ccc(Cl)cc1. The van der Waals surface area contributed by atoms with Crippen LogP contribution in [-0.2, 0) is 21.4 Å². The molecule has 5 nitrogen and oxygen atoms in total. The van der Waals surface area contributed by atoms with Crippen LogP contribution in [0.2, 0.25) is 5.02 Å². The average molecular weight is 393 g/mol. The molecule has 0 radical (unpaired) electrons. The van der Waals surface area contributed by atoms with Crippen molar-refractivity contribution in [1.29, 1.82) is 0 Å². The molecule has 0 saturated carbocycles. The van der Waals surface area contributed by atoms with Crippen LogP contribution in [0.15, 0.2) is 53.4 Å². The van der Waals surface area contributed by atoms with Crippen molar-refractivity contribution >= 4 is 27.5 Å². The largest absolute Gasteiger partial charge is 0.351 e. The third-order valence-electron chi connectivity index (χ3n) is 4.64. The third-order valence-corrected chi connectivity index (χ3v) is 6.82. The van der Waals surface area contributed by atoms with Gasteiger partial charge in [-0.25, -0.2) is 8.42 Å². The number of hydrogen-bond donors (Lipinski definition) is 1. The van der Waals surface area contributed by atoms with Crippen LogP contribution in [-0.4, -0.2) is 31.2 Å². The van der Waals surface area contributed by atoms with Crippen molar-refractivity contribution in [2.45, 2.75) is 37.2 Å². The summed E-state index contributed by atoms with van der Waals surface area (Å²) in [6.45, 7) is 2.71. The van der Waals surface area contributed by atoms with Gasteiger partial charge in [0.2, 0.25) is 15.9 Å². The van der Waals surface area contributed by atoms with Gasteiger partial charge in [0.05, 0.1) is 4.90 Å². The summed E-state index contributed by atoms with van der Waals surface area (Å²) in [5.74, 6) is -0.261. The van der Waals surface area contributed by atoms with Crippen LogP contribution < -0.4 is 5.32 Å². The van der Waals surface area contributed by atoms with Gasteiger partial charge >= 0.3 is 0 Å². The van der Waals surface area contributed by atoms with Crippen LogP contribution in [0.5, 0.6) is 0 Å². The van der Waals surface area contributed by atoms with E-state index in [0.717, 1.165) is 11.1 Å². The highest BCUT2D eigenvalue weighted by Gasteiger charge is 2.39. The highest BCUT2D eigenvalue weighted by atomic mass is 35.5. The highest BCUT2D eigenvalue weighted by molar-refractivity contribution is 7.89. The lowest BCUT2D eigenvalue weighted by molar-refractivity contribution is -0.124. The van der Waals surface area contributed by atoms with Crippen molar-refractivity contribution in [3.05, 3.63) is 64.7 Å². The van der Waals surface area contributed by atoms with E-state index in [-0.39, 0.29) is 10.8 Å². The Morgan fingerprint density at radius 1 is 1.19 bits per heavy atom. The van der Waals surface area contributed by atoms with E-state index in [2.05, 4.69) is 5.32 Å². The number of nitrogens with zero attached hydrogens (tertiary/aromatic N) is 1. The molecular weight excluding hydrogens is 372 g/mol. The zero-order chi connectivity index (χ0) is 18.7. The molecule has 0 aromatic heterocycles. The van der Waals surface area contributed by atoms with Gasteiger partial charge in [0.15, 0.2) is 0 Å². The molecule has 1 atom stereocenters. The molecule has 26 heavy (non-hydrogen) atoms. The van der Waals surface area contributed by atoms with Crippen LogP contribution in [0, 0.1) is 6.92 Å². The molecule has 0 spiro atoms. The van der Waals surface area contributed by atoms with E-state index < -0.39 is 16.1 Å². The Morgan fingerprint density at radius 3 is 2.58 bits per heavy atom. The lowest BCUT2D eigenvalue weighted by Crippen LogP contribution is -2.45. The van der Waals surface area contributed by atoms with E-state index >= 15 is 0 Å². The van der Waals surface area contributed by atoms with E-state index in [1.807, 2.05) is 31.2 Å². The van der Waals surface area contributed by atoms with Gasteiger partial charge in [-0.05, 0) is 55.2 Å². The van der Waals surface area contributed by atoms with Gasteiger partial charge in [-0.3, -0.25) is 4.79 Å². The predicted molar refractivity (Wildman–Crippen MR) is 101 cm³/mol. The number of halogens is 1. The molecule has 7 heteroatoms. The number of benzene rings is 2. The molecular formula is C19H21ClN2O3S. The lowest BCUT2D eigenvalue weighted by Gasteiger charge is -2.23. The lowest BCUT2D eigenvalue weighted by atomic mass is 10.1. The quantitative estimate of drug-likeness (QED) is 0.850. The zero-order valence-corrected chi connectivity index (χ0v) is 16.1. The summed E-state index contributed by atoms with van der Waals surface area (Å²) >= 11 is 5.84. The summed E-state index contributed by atoms with van der Waals surface area (Å²) in [6.07, 6.45) is 1.18. The Hall–Kier alpha value is -1.89. The maximum Gasteiger partial charge on any atom is 0.243 e. The number of rotatable bonds is 5. The average Bonchev–Trinajstić information content (AvgIpc) is 3.12. The monoisotopic (exact) mass is 392 g/mol. The molecule has 0 bridgehead atoms. The number of aryl methyl sites for hydroxylation is 1. The van der Waals surface area contributed by atoms with Gasteiger partial charge in [-0.15, -0.1) is 0 Å². The van der Waals surface area contributed by atoms with Gasteiger partial charge in [0, 0.05) is 18.1 Å². The van der Waals surface area contributed by atoms with Crippen molar-refractivity contribution in [2.24, 2.45) is 0 Å². The Kier molecular flexibility index (Phi) is 5.65. The predicted octanol–water partition coefficient (Wildman–Crippen LogP) is 3.12. The second kappa shape index (κ2) is 7.78. The number of hydrogen-bond acceptors (Lipinski definition) is 3. The Bertz CT molecular complexity index is 897. The Balaban J connectivity index is 1.74. The summed E-state index contributed by atoms with van der Waals surface area (Å²) in [5.41, 5.74) is 2.11. The molecule has 1 N–H and O–H groups in total. The summed E-state index contributed by atoms with van der Waals surface area (Å²) < 4.78 is 27.1. The van der Waals surface area contributed by atoms with Crippen molar-refractivity contribution < 1.29 is 13.2 Å². The van der Waals surface area contributed by atoms with E-state index in [1.54, 1.807) is 0 Å². The molecule has 0 aliphatic carbocycles. The fourth-order valence-electron chi connectivity index (χ4n) is 3.14. The van der Waals surface area contributed by atoms with Crippen molar-refractivity contribution in [1.82, 2.24) is 9.62 Å². The minimum atomic E-state index is -3.73. The minimum Gasteiger partial charge on any atom is -0.351 e. The second-order valence-electron chi connectivity index (χ2n) is 6.37. The molecule has 1 heterocycles. The number of nitrogens with one attached hydrogen (secondary N) is 1. The first-order valence-electron chi connectivity index (χ1n) is 8.49. The zero-order valence-electron chi connectivity index (χ0n) is 14.5. The van der Waals surface area contributed by atoms with Gasteiger partial charge in [-0.1, -0.05) is 35.9 Å². The molecule has 1 fully saturated rings. The first kappa shape index (κ1) is 18.9. The minimum absolute atomic E-state index is 0.153. The normalized spacial score (nSPS) is 18.0. The third kappa shape index (κ3) is 3.92. The van der Waals surface area contributed by atoms with E-state index in [1.165, 1.54) is 28.6 Å².